The van der Waals surface area contributed by atoms with Gasteiger partial charge in [0.2, 0.25) is 6.29 Å². The van der Waals surface area contributed by atoms with Gasteiger partial charge in [-0.3, -0.25) is 0 Å². The number of hydrogen-bond acceptors (Lipinski definition) is 7. The molecule has 8 heteroatoms. The minimum absolute atomic E-state index is 0.0233. The van der Waals surface area contributed by atoms with Crippen LogP contribution in [-0.4, -0.2) is 62.2 Å². The molecule has 128 valence electrons. The van der Waals surface area contributed by atoms with Gasteiger partial charge in [-0.2, -0.15) is 0 Å². The van der Waals surface area contributed by atoms with Gasteiger partial charge in [0.15, 0.2) is 17.6 Å². The number of carbonyl (C=O) groups is 1. The van der Waals surface area contributed by atoms with Crippen molar-refractivity contribution in [2.45, 2.75) is 30.7 Å². The van der Waals surface area contributed by atoms with Crippen LogP contribution in [0.1, 0.15) is 0 Å². The van der Waals surface area contributed by atoms with Crippen molar-refractivity contribution in [3.8, 4) is 11.5 Å². The average molecular weight is 336 g/mol. The summed E-state index contributed by atoms with van der Waals surface area (Å²) in [7, 11) is 0. The summed E-state index contributed by atoms with van der Waals surface area (Å²) in [6.45, 7) is 0. The monoisotopic (exact) mass is 336 g/mol. The van der Waals surface area contributed by atoms with Crippen molar-refractivity contribution in [2.75, 3.05) is 0 Å². The zero-order chi connectivity index (χ0) is 17.4. The van der Waals surface area contributed by atoms with E-state index in [1.807, 2.05) is 0 Å². The fourth-order valence-electron chi connectivity index (χ4n) is 2.62. The molecule has 1 fully saturated rings. The van der Waals surface area contributed by atoms with E-state index in [9.17, 15) is 25.2 Å². The van der Waals surface area contributed by atoms with Gasteiger partial charge < -0.3 is 35.0 Å². The highest BCUT2D eigenvalue weighted by Crippen LogP contribution is 2.37. The molecule has 5 atom stereocenters. The lowest BCUT2D eigenvalue weighted by atomic mass is 9.99. The van der Waals surface area contributed by atoms with Gasteiger partial charge in [0, 0.05) is 5.39 Å². The van der Waals surface area contributed by atoms with E-state index in [4.69, 9.17) is 14.6 Å². The van der Waals surface area contributed by atoms with Crippen LogP contribution in [0.4, 0.5) is 0 Å². The number of benzene rings is 2. The summed E-state index contributed by atoms with van der Waals surface area (Å²) in [4.78, 5) is 11.1. The molecular weight excluding hydrogens is 320 g/mol. The van der Waals surface area contributed by atoms with Gasteiger partial charge >= 0.3 is 5.97 Å². The maximum absolute atomic E-state index is 11.1. The van der Waals surface area contributed by atoms with Crippen molar-refractivity contribution in [2.24, 2.45) is 0 Å². The van der Waals surface area contributed by atoms with Gasteiger partial charge in [-0.25, -0.2) is 4.79 Å². The molecule has 2 aromatic carbocycles. The van der Waals surface area contributed by atoms with Crippen LogP contribution in [0.25, 0.3) is 10.8 Å². The topological polar surface area (TPSA) is 137 Å². The SMILES string of the molecule is O=C(O)[C@H]1O[C@@H](Oc2c(O)ccc3ccccc23)[C@H](O)[C@@H](O)[C@@H]1O. The number of aliphatic hydroxyl groups excluding tert-OH is 3. The quantitative estimate of drug-likeness (QED) is 0.520. The molecule has 1 saturated heterocycles. The second-order valence-electron chi connectivity index (χ2n) is 5.49. The molecular formula is C16H16O8. The van der Waals surface area contributed by atoms with E-state index in [-0.39, 0.29) is 11.5 Å². The maximum Gasteiger partial charge on any atom is 0.335 e. The largest absolute Gasteiger partial charge is 0.504 e. The van der Waals surface area contributed by atoms with Crippen molar-refractivity contribution in [1.29, 1.82) is 0 Å². The molecule has 0 aliphatic carbocycles. The maximum atomic E-state index is 11.1. The third-order valence-electron chi connectivity index (χ3n) is 3.91. The molecule has 1 aliphatic heterocycles. The fraction of sp³-hybridized carbons (Fsp3) is 0.312. The van der Waals surface area contributed by atoms with Crippen LogP contribution < -0.4 is 4.74 Å². The lowest BCUT2D eigenvalue weighted by molar-refractivity contribution is -0.271. The normalized spacial score (nSPS) is 30.2. The van der Waals surface area contributed by atoms with Crippen LogP contribution in [0, 0.1) is 0 Å². The molecule has 0 unspecified atom stereocenters. The first kappa shape index (κ1) is 16.5. The van der Waals surface area contributed by atoms with E-state index in [0.29, 0.717) is 5.39 Å². The van der Waals surface area contributed by atoms with Crippen LogP contribution in [0.5, 0.6) is 11.5 Å². The Bertz CT molecular complexity index is 761. The molecule has 0 saturated carbocycles. The van der Waals surface area contributed by atoms with E-state index in [1.165, 1.54) is 6.07 Å². The number of hydrogen-bond donors (Lipinski definition) is 5. The number of phenolic OH excluding ortho intramolecular Hbond substituents is 1. The Morgan fingerprint density at radius 1 is 1.00 bits per heavy atom. The Kier molecular flexibility index (Phi) is 4.29. The lowest BCUT2D eigenvalue weighted by Crippen LogP contribution is -2.61. The Labute approximate surface area is 136 Å². The second-order valence-corrected chi connectivity index (χ2v) is 5.49. The smallest absolute Gasteiger partial charge is 0.335 e. The van der Waals surface area contributed by atoms with E-state index in [0.717, 1.165) is 5.39 Å². The summed E-state index contributed by atoms with van der Waals surface area (Å²) in [5, 5.41) is 49.8. The number of carboxylic acid groups (broad SMARTS) is 1. The number of rotatable bonds is 3. The number of ether oxygens (including phenoxy) is 2. The molecule has 0 aromatic heterocycles. The predicted octanol–water partition coefficient (Wildman–Crippen LogP) is -0.184. The standard InChI is InChI=1S/C16H16O8/c17-9-6-5-7-3-1-2-4-8(7)13(9)23-16-12(20)10(18)11(19)14(24-16)15(21)22/h1-6,10-12,14,16-20H,(H,21,22)/t10-,11-,12+,14-,16+/m0/s1. The highest BCUT2D eigenvalue weighted by Gasteiger charge is 2.48. The zero-order valence-electron chi connectivity index (χ0n) is 12.3. The van der Waals surface area contributed by atoms with Gasteiger partial charge in [0.05, 0.1) is 0 Å². The lowest BCUT2D eigenvalue weighted by Gasteiger charge is -2.38. The van der Waals surface area contributed by atoms with Crippen LogP contribution in [0.2, 0.25) is 0 Å². The van der Waals surface area contributed by atoms with E-state index in [1.54, 1.807) is 30.3 Å². The van der Waals surface area contributed by atoms with Gasteiger partial charge in [0.1, 0.15) is 18.3 Å². The first-order chi connectivity index (χ1) is 11.4. The Morgan fingerprint density at radius 3 is 2.42 bits per heavy atom. The molecule has 24 heavy (non-hydrogen) atoms. The van der Waals surface area contributed by atoms with Crippen LogP contribution >= 0.6 is 0 Å². The Hall–Kier alpha value is -2.39. The first-order valence-corrected chi connectivity index (χ1v) is 7.20. The summed E-state index contributed by atoms with van der Waals surface area (Å²) in [6.07, 6.45) is -8.64. The van der Waals surface area contributed by atoms with Gasteiger partial charge in [-0.15, -0.1) is 0 Å². The summed E-state index contributed by atoms with van der Waals surface area (Å²) < 4.78 is 10.5. The molecule has 1 aliphatic rings. The summed E-state index contributed by atoms with van der Waals surface area (Å²) in [5.74, 6) is -1.77. The van der Waals surface area contributed by atoms with Crippen LogP contribution in [0.3, 0.4) is 0 Å². The number of aromatic hydroxyl groups is 1. The number of fused-ring (bicyclic) bond motifs is 1. The summed E-state index contributed by atoms with van der Waals surface area (Å²) >= 11 is 0. The highest BCUT2D eigenvalue weighted by molar-refractivity contribution is 5.90. The van der Waals surface area contributed by atoms with Crippen molar-refractivity contribution in [1.82, 2.24) is 0 Å². The van der Waals surface area contributed by atoms with Crippen LogP contribution in [0.15, 0.2) is 36.4 Å². The molecule has 0 bridgehead atoms. The van der Waals surface area contributed by atoms with Crippen molar-refractivity contribution in [3.05, 3.63) is 36.4 Å². The highest BCUT2D eigenvalue weighted by atomic mass is 16.7. The zero-order valence-corrected chi connectivity index (χ0v) is 12.3. The fourth-order valence-corrected chi connectivity index (χ4v) is 2.62. The van der Waals surface area contributed by atoms with Crippen molar-refractivity contribution >= 4 is 16.7 Å². The minimum atomic E-state index is -1.81. The third-order valence-corrected chi connectivity index (χ3v) is 3.91. The number of carboxylic acids is 1. The van der Waals surface area contributed by atoms with E-state index in [2.05, 4.69) is 0 Å². The molecule has 0 spiro atoms. The molecule has 0 amide bonds. The second kappa shape index (κ2) is 6.25. The Morgan fingerprint density at radius 2 is 1.71 bits per heavy atom. The minimum Gasteiger partial charge on any atom is -0.504 e. The third kappa shape index (κ3) is 2.76. The summed E-state index contributed by atoms with van der Waals surface area (Å²) in [6, 6.07) is 9.99. The van der Waals surface area contributed by atoms with Gasteiger partial charge in [-0.1, -0.05) is 30.3 Å². The predicted molar refractivity (Wildman–Crippen MR) is 80.6 cm³/mol. The average Bonchev–Trinajstić information content (AvgIpc) is 2.57. The van der Waals surface area contributed by atoms with Crippen LogP contribution in [-0.2, 0) is 9.53 Å². The molecule has 1 heterocycles. The molecule has 8 nitrogen and oxygen atoms in total. The van der Waals surface area contributed by atoms with Gasteiger partial charge in [-0.05, 0) is 11.5 Å². The van der Waals surface area contributed by atoms with Crippen molar-refractivity contribution < 1.29 is 39.8 Å². The van der Waals surface area contributed by atoms with Gasteiger partial charge in [0.25, 0.3) is 0 Å². The molecule has 2 aromatic rings. The van der Waals surface area contributed by atoms with Crippen molar-refractivity contribution in [3.63, 3.8) is 0 Å². The van der Waals surface area contributed by atoms with E-state index >= 15 is 0 Å². The number of aliphatic carboxylic acids is 1. The number of aliphatic hydroxyl groups is 3. The molecule has 5 N–H and O–H groups in total. The first-order valence-electron chi connectivity index (χ1n) is 7.20. The molecule has 0 radical (unpaired) electrons. The number of phenols is 1. The Balaban J connectivity index is 1.95. The summed E-state index contributed by atoms with van der Waals surface area (Å²) in [5.41, 5.74) is 0. The van der Waals surface area contributed by atoms with E-state index < -0.39 is 36.7 Å². The molecule has 3 rings (SSSR count).